The van der Waals surface area contributed by atoms with Crippen molar-refractivity contribution in [2.24, 2.45) is 0 Å². The molecule has 0 amide bonds. The van der Waals surface area contributed by atoms with Crippen molar-refractivity contribution in [1.29, 1.82) is 0 Å². The minimum atomic E-state index is 0. The average Bonchev–Trinajstić information content (AvgIpc) is 2.84. The zero-order valence-electron chi connectivity index (χ0n) is 13.8. The topological polar surface area (TPSA) is 0 Å². The molecule has 21 heavy (non-hydrogen) atoms. The maximum Gasteiger partial charge on any atom is 2.00 e. The fourth-order valence-corrected chi connectivity index (χ4v) is 2.96. The minimum absolute atomic E-state index is 0. The molecule has 0 nitrogen and oxygen atoms in total. The van der Waals surface area contributed by atoms with E-state index in [-0.39, 0.29) is 48.3 Å². The third-order valence-corrected chi connectivity index (χ3v) is 3.58. The molecule has 0 N–H and O–H groups in total. The van der Waals surface area contributed by atoms with Crippen molar-refractivity contribution >= 4 is 14.5 Å². The van der Waals surface area contributed by atoms with Crippen LogP contribution in [0.5, 0.6) is 0 Å². The fourth-order valence-electron chi connectivity index (χ4n) is 2.28. The zero-order chi connectivity index (χ0) is 14.7. The van der Waals surface area contributed by atoms with Gasteiger partial charge in [0.1, 0.15) is 0 Å². The van der Waals surface area contributed by atoms with Gasteiger partial charge < -0.3 is 0 Å². The maximum atomic E-state index is 2.85. The van der Waals surface area contributed by atoms with E-state index < -0.39 is 0 Å². The van der Waals surface area contributed by atoms with E-state index >= 15 is 0 Å². The predicted molar refractivity (Wildman–Crippen MR) is 90.8 cm³/mol. The summed E-state index contributed by atoms with van der Waals surface area (Å²) in [6.07, 6.45) is 0. The van der Waals surface area contributed by atoms with Crippen LogP contribution in [-0.2, 0) is 48.3 Å². The number of hydrogen-bond acceptors (Lipinski definition) is 0. The summed E-state index contributed by atoms with van der Waals surface area (Å²) < 4.78 is 0. The molecule has 2 rings (SSSR count). The molecule has 0 aliphatic rings. The summed E-state index contributed by atoms with van der Waals surface area (Å²) in [6, 6.07) is 14.5. The molecule has 0 saturated heterocycles. The largest absolute Gasteiger partial charge is 2.00 e. The van der Waals surface area contributed by atoms with Gasteiger partial charge in [-0.1, -0.05) is 47.0 Å². The van der Waals surface area contributed by atoms with Gasteiger partial charge in [-0.15, -0.1) is 5.56 Å². The molecule has 0 fully saturated rings. The van der Waals surface area contributed by atoms with Crippen molar-refractivity contribution in [2.75, 3.05) is 0 Å². The molecule has 1 unspecified atom stereocenters. The van der Waals surface area contributed by atoms with Crippen LogP contribution in [0.15, 0.2) is 42.5 Å². The first-order chi connectivity index (χ1) is 8.64. The van der Waals surface area contributed by atoms with Crippen molar-refractivity contribution in [3.8, 4) is 0 Å². The van der Waals surface area contributed by atoms with Crippen LogP contribution in [-0.4, -0.2) is 0 Å². The first kappa shape index (κ1) is 23.6. The Kier molecular flexibility index (Phi) is 10.6. The number of hydrogen-bond donors (Lipinski definition) is 0. The van der Waals surface area contributed by atoms with Crippen molar-refractivity contribution in [1.82, 2.24) is 0 Å². The van der Waals surface area contributed by atoms with Crippen LogP contribution in [0.4, 0.5) is 0 Å². The van der Waals surface area contributed by atoms with E-state index in [1.54, 1.807) is 0 Å². The zero-order valence-corrected chi connectivity index (χ0v) is 17.6. The molecule has 1 atom stereocenters. The second kappa shape index (κ2) is 9.45. The van der Waals surface area contributed by atoms with Gasteiger partial charge in [0.15, 0.2) is 0 Å². The Hall–Kier alpha value is 0.312. The van der Waals surface area contributed by atoms with Crippen molar-refractivity contribution in [3.63, 3.8) is 0 Å². The van der Waals surface area contributed by atoms with E-state index in [0.717, 1.165) is 0 Å². The van der Waals surface area contributed by atoms with Crippen LogP contribution >= 0.6 is 9.24 Å². The van der Waals surface area contributed by atoms with Gasteiger partial charge in [0.2, 0.25) is 0 Å². The van der Waals surface area contributed by atoms with E-state index in [9.17, 15) is 0 Å². The van der Waals surface area contributed by atoms with Gasteiger partial charge in [-0.05, 0) is 5.41 Å². The van der Waals surface area contributed by atoms with Gasteiger partial charge in [-0.3, -0.25) is 0 Å². The van der Waals surface area contributed by atoms with Gasteiger partial charge in [0, 0.05) is 20.4 Å². The summed E-state index contributed by atoms with van der Waals surface area (Å²) in [4.78, 5) is 0. The summed E-state index contributed by atoms with van der Waals surface area (Å²) in [5.41, 5.74) is 3.46. The second-order valence-electron chi connectivity index (χ2n) is 7.04. The van der Waals surface area contributed by atoms with Crippen LogP contribution in [0.25, 0.3) is 0 Å². The average molecular weight is 437 g/mol. The maximum absolute atomic E-state index is 2.85. The molecule has 0 spiro atoms. The molecule has 0 saturated carbocycles. The Morgan fingerprint density at radius 2 is 1.48 bits per heavy atom. The smallest absolute Gasteiger partial charge is 0.214 e. The predicted octanol–water partition coefficient (Wildman–Crippen LogP) is 4.90. The molecule has 0 aliphatic carbocycles. The quantitative estimate of drug-likeness (QED) is 0.313. The molecule has 3 heteroatoms. The Morgan fingerprint density at radius 3 is 1.71 bits per heavy atom. The summed E-state index contributed by atoms with van der Waals surface area (Å²) in [7, 11) is 2.85. The van der Waals surface area contributed by atoms with Crippen LogP contribution in [0, 0.1) is 0 Å². The molecule has 2 aromatic rings. The van der Waals surface area contributed by atoms with Crippen LogP contribution in [0.3, 0.4) is 0 Å². The Bertz CT molecular complexity index is 467. The van der Waals surface area contributed by atoms with E-state index in [0.29, 0.717) is 0 Å². The van der Waals surface area contributed by atoms with Crippen LogP contribution in [0.1, 0.15) is 52.7 Å². The van der Waals surface area contributed by atoms with Crippen molar-refractivity contribution in [3.05, 3.63) is 53.6 Å². The third-order valence-electron chi connectivity index (χ3n) is 3.10. The standard InChI is InChI=1S/C13H22P.C5H5.Fe.Pd/c1-12(2,3)9-7-8-10(14)11(9)13(4,5)6;1-2-4-5-3-1;;/h7-8H,14H2,1-6H3;1-5H;;/q2*-1;+2;. The normalized spacial score (nSPS) is 10.8. The molecular weight excluding hydrogens is 409 g/mol. The Balaban J connectivity index is 0. The Morgan fingerprint density at radius 1 is 1.00 bits per heavy atom. The van der Waals surface area contributed by atoms with E-state index in [1.807, 2.05) is 30.3 Å². The first-order valence-corrected chi connectivity index (χ1v) is 7.44. The molecule has 0 radical (unpaired) electrons. The van der Waals surface area contributed by atoms with Crippen LogP contribution in [0.2, 0.25) is 0 Å². The van der Waals surface area contributed by atoms with Gasteiger partial charge in [-0.2, -0.15) is 44.4 Å². The summed E-state index contributed by atoms with van der Waals surface area (Å²) in [5, 5.41) is 1.35. The van der Waals surface area contributed by atoms with Crippen LogP contribution < -0.4 is 5.30 Å². The van der Waals surface area contributed by atoms with Crippen molar-refractivity contribution in [2.45, 2.75) is 52.4 Å². The molecule has 0 bridgehead atoms. The Labute approximate surface area is 157 Å². The monoisotopic (exact) mass is 436 g/mol. The SMILES string of the molecule is CC(C)(C)c1c(P)cc[c-]1C(C)(C)C.[Fe+2].[Pd].c1cc[cH-]c1. The number of rotatable bonds is 0. The first-order valence-electron chi connectivity index (χ1n) is 6.87. The van der Waals surface area contributed by atoms with Gasteiger partial charge in [-0.25, -0.2) is 18.2 Å². The summed E-state index contributed by atoms with van der Waals surface area (Å²) in [5.74, 6) is 0. The summed E-state index contributed by atoms with van der Waals surface area (Å²) in [6.45, 7) is 13.7. The van der Waals surface area contributed by atoms with E-state index in [4.69, 9.17) is 0 Å². The molecule has 0 heterocycles. The third kappa shape index (κ3) is 7.41. The van der Waals surface area contributed by atoms with Gasteiger partial charge >= 0.3 is 17.1 Å². The molecular formula is C18H27FePPd. The van der Waals surface area contributed by atoms with E-state index in [2.05, 4.69) is 62.9 Å². The molecule has 2 aromatic carbocycles. The molecule has 0 aliphatic heterocycles. The molecule has 122 valence electrons. The van der Waals surface area contributed by atoms with Gasteiger partial charge in [0.05, 0.1) is 0 Å². The molecule has 0 aromatic heterocycles. The van der Waals surface area contributed by atoms with E-state index in [1.165, 1.54) is 16.4 Å². The summed E-state index contributed by atoms with van der Waals surface area (Å²) >= 11 is 0. The fraction of sp³-hybridized carbons (Fsp3) is 0.444. The van der Waals surface area contributed by atoms with Crippen molar-refractivity contribution < 1.29 is 37.5 Å². The minimum Gasteiger partial charge on any atom is -0.214 e. The van der Waals surface area contributed by atoms with Gasteiger partial charge in [0.25, 0.3) is 0 Å². The second-order valence-corrected chi connectivity index (χ2v) is 7.66.